The van der Waals surface area contributed by atoms with Crippen LogP contribution in [-0.4, -0.2) is 23.5 Å². The first kappa shape index (κ1) is 18.3. The van der Waals surface area contributed by atoms with Gasteiger partial charge in [-0.3, -0.25) is 9.78 Å². The lowest BCUT2D eigenvalue weighted by Crippen LogP contribution is -2.22. The smallest absolute Gasteiger partial charge is 0.338 e. The van der Waals surface area contributed by atoms with Gasteiger partial charge in [-0.05, 0) is 60.0 Å². The Morgan fingerprint density at radius 1 is 0.926 bits per heavy atom. The van der Waals surface area contributed by atoms with Crippen molar-refractivity contribution in [3.8, 4) is 11.1 Å². The number of rotatable bonds is 6. The second kappa shape index (κ2) is 8.76. The van der Waals surface area contributed by atoms with Gasteiger partial charge in [-0.1, -0.05) is 24.3 Å². The Morgan fingerprint density at radius 2 is 1.63 bits per heavy atom. The quantitative estimate of drug-likeness (QED) is 0.678. The van der Waals surface area contributed by atoms with Gasteiger partial charge in [-0.15, -0.1) is 0 Å². The van der Waals surface area contributed by atoms with Gasteiger partial charge < -0.3 is 10.1 Å². The summed E-state index contributed by atoms with van der Waals surface area (Å²) in [7, 11) is 0. The zero-order chi connectivity index (χ0) is 19.1. The fraction of sp³-hybridized carbons (Fsp3) is 0.136. The van der Waals surface area contributed by atoms with E-state index in [9.17, 15) is 9.59 Å². The van der Waals surface area contributed by atoms with Crippen molar-refractivity contribution in [1.29, 1.82) is 0 Å². The second-order valence-electron chi connectivity index (χ2n) is 5.92. The number of ether oxygens (including phenoxy) is 1. The van der Waals surface area contributed by atoms with Gasteiger partial charge in [0.05, 0.1) is 12.2 Å². The van der Waals surface area contributed by atoms with Crippen LogP contribution in [0.1, 0.15) is 33.2 Å². The summed E-state index contributed by atoms with van der Waals surface area (Å²) in [6, 6.07) is 18.3. The molecule has 0 saturated heterocycles. The third-order valence-electron chi connectivity index (χ3n) is 4.05. The molecule has 3 aromatic rings. The number of nitrogens with zero attached hydrogens (tertiary/aromatic N) is 1. The number of carbonyl (C=O) groups is 2. The van der Waals surface area contributed by atoms with Crippen molar-refractivity contribution in [3.05, 3.63) is 89.7 Å². The summed E-state index contributed by atoms with van der Waals surface area (Å²) in [5.41, 5.74) is 3.96. The lowest BCUT2D eigenvalue weighted by molar-refractivity contribution is 0.0526. The number of amides is 1. The number of carbonyl (C=O) groups excluding carboxylic acids is 2. The predicted molar refractivity (Wildman–Crippen MR) is 103 cm³/mol. The van der Waals surface area contributed by atoms with Crippen LogP contribution in [0.2, 0.25) is 0 Å². The molecular weight excluding hydrogens is 340 g/mol. The highest BCUT2D eigenvalue weighted by Gasteiger charge is 2.09. The number of hydrogen-bond donors (Lipinski definition) is 1. The van der Waals surface area contributed by atoms with Crippen LogP contribution in [0, 0.1) is 0 Å². The highest BCUT2D eigenvalue weighted by atomic mass is 16.5. The highest BCUT2D eigenvalue weighted by Crippen LogP contribution is 2.18. The summed E-state index contributed by atoms with van der Waals surface area (Å²) in [5.74, 6) is -0.532. The van der Waals surface area contributed by atoms with Crippen LogP contribution in [0.3, 0.4) is 0 Å². The summed E-state index contributed by atoms with van der Waals surface area (Å²) < 4.78 is 5.00. The molecule has 3 rings (SSSR count). The number of benzene rings is 2. The zero-order valence-corrected chi connectivity index (χ0v) is 15.0. The van der Waals surface area contributed by atoms with Gasteiger partial charge in [-0.25, -0.2) is 4.79 Å². The molecule has 0 bridgehead atoms. The summed E-state index contributed by atoms with van der Waals surface area (Å²) in [5, 5.41) is 2.87. The van der Waals surface area contributed by atoms with E-state index in [1.807, 2.05) is 30.3 Å². The van der Waals surface area contributed by atoms with Crippen LogP contribution < -0.4 is 5.32 Å². The molecule has 0 saturated carbocycles. The Labute approximate surface area is 158 Å². The fourth-order valence-electron chi connectivity index (χ4n) is 2.67. The van der Waals surface area contributed by atoms with E-state index in [1.165, 1.54) is 0 Å². The number of hydrogen-bond acceptors (Lipinski definition) is 4. The Bertz CT molecular complexity index is 922. The minimum atomic E-state index is -0.364. The van der Waals surface area contributed by atoms with Crippen LogP contribution in [0.15, 0.2) is 73.1 Å². The van der Waals surface area contributed by atoms with E-state index in [4.69, 9.17) is 4.74 Å². The molecule has 0 fully saturated rings. The number of aromatic nitrogens is 1. The Balaban J connectivity index is 1.63. The molecular formula is C22H20N2O3. The van der Waals surface area contributed by atoms with Crippen LogP contribution in [-0.2, 0) is 11.3 Å². The van der Waals surface area contributed by atoms with E-state index < -0.39 is 0 Å². The van der Waals surface area contributed by atoms with Gasteiger partial charge in [0.2, 0.25) is 0 Å². The minimum Gasteiger partial charge on any atom is -0.462 e. The average molecular weight is 360 g/mol. The lowest BCUT2D eigenvalue weighted by Gasteiger charge is -2.08. The maximum atomic E-state index is 12.4. The molecule has 1 heterocycles. The molecule has 0 aliphatic rings. The van der Waals surface area contributed by atoms with Crippen LogP contribution in [0.4, 0.5) is 0 Å². The lowest BCUT2D eigenvalue weighted by atomic mass is 10.0. The van der Waals surface area contributed by atoms with Gasteiger partial charge in [0, 0.05) is 24.5 Å². The Morgan fingerprint density at radius 3 is 2.33 bits per heavy atom. The maximum Gasteiger partial charge on any atom is 0.338 e. The molecule has 1 N–H and O–H groups in total. The number of esters is 1. The topological polar surface area (TPSA) is 68.3 Å². The third kappa shape index (κ3) is 4.79. The predicted octanol–water partition coefficient (Wildman–Crippen LogP) is 3.86. The number of pyridine rings is 1. The molecule has 1 amide bonds. The normalized spacial score (nSPS) is 10.3. The van der Waals surface area contributed by atoms with Crippen LogP contribution in [0.25, 0.3) is 11.1 Å². The molecule has 0 radical (unpaired) electrons. The van der Waals surface area contributed by atoms with Gasteiger partial charge >= 0.3 is 5.97 Å². The van der Waals surface area contributed by atoms with Gasteiger partial charge in [0.25, 0.3) is 5.91 Å². The molecule has 0 spiro atoms. The Hall–Kier alpha value is -3.47. The van der Waals surface area contributed by atoms with E-state index in [1.54, 1.807) is 49.6 Å². The van der Waals surface area contributed by atoms with Crippen LogP contribution in [0.5, 0.6) is 0 Å². The average Bonchev–Trinajstić information content (AvgIpc) is 2.73. The SMILES string of the molecule is CCOC(=O)c1cccc(CNC(=O)c2ccc(-c3ccncc3)cc2)c1. The van der Waals surface area contributed by atoms with Crippen molar-refractivity contribution in [2.45, 2.75) is 13.5 Å². The maximum absolute atomic E-state index is 12.4. The number of nitrogens with one attached hydrogen (secondary N) is 1. The standard InChI is InChI=1S/C22H20N2O3/c1-2-27-22(26)20-5-3-4-16(14-20)15-24-21(25)19-8-6-17(7-9-19)18-10-12-23-13-11-18/h3-14H,2,15H2,1H3,(H,24,25). The van der Waals surface area contributed by atoms with E-state index in [0.29, 0.717) is 24.3 Å². The molecule has 5 nitrogen and oxygen atoms in total. The van der Waals surface area contributed by atoms with E-state index in [0.717, 1.165) is 16.7 Å². The molecule has 0 unspecified atom stereocenters. The highest BCUT2D eigenvalue weighted by molar-refractivity contribution is 5.94. The molecule has 27 heavy (non-hydrogen) atoms. The zero-order valence-electron chi connectivity index (χ0n) is 15.0. The molecule has 5 heteroatoms. The molecule has 136 valence electrons. The second-order valence-corrected chi connectivity index (χ2v) is 5.92. The molecule has 0 aliphatic carbocycles. The van der Waals surface area contributed by atoms with Gasteiger partial charge in [-0.2, -0.15) is 0 Å². The van der Waals surface area contributed by atoms with Gasteiger partial charge in [0.1, 0.15) is 0 Å². The van der Waals surface area contributed by atoms with Crippen molar-refractivity contribution in [2.24, 2.45) is 0 Å². The van der Waals surface area contributed by atoms with E-state index in [2.05, 4.69) is 10.3 Å². The molecule has 0 atom stereocenters. The third-order valence-corrected chi connectivity index (χ3v) is 4.05. The molecule has 1 aromatic heterocycles. The largest absolute Gasteiger partial charge is 0.462 e. The summed E-state index contributed by atoms with van der Waals surface area (Å²) in [6.45, 7) is 2.43. The fourth-order valence-corrected chi connectivity index (χ4v) is 2.67. The summed E-state index contributed by atoms with van der Waals surface area (Å²) in [4.78, 5) is 28.2. The summed E-state index contributed by atoms with van der Waals surface area (Å²) >= 11 is 0. The van der Waals surface area contributed by atoms with Crippen molar-refractivity contribution in [3.63, 3.8) is 0 Å². The molecule has 0 aliphatic heterocycles. The first-order valence-electron chi connectivity index (χ1n) is 8.72. The minimum absolute atomic E-state index is 0.169. The van der Waals surface area contributed by atoms with Crippen LogP contribution >= 0.6 is 0 Å². The monoisotopic (exact) mass is 360 g/mol. The first-order chi connectivity index (χ1) is 13.2. The van der Waals surface area contributed by atoms with Crippen molar-refractivity contribution < 1.29 is 14.3 Å². The molecule has 2 aromatic carbocycles. The van der Waals surface area contributed by atoms with Crippen molar-refractivity contribution in [1.82, 2.24) is 10.3 Å². The van der Waals surface area contributed by atoms with Gasteiger partial charge in [0.15, 0.2) is 0 Å². The van der Waals surface area contributed by atoms with Crippen molar-refractivity contribution >= 4 is 11.9 Å². The van der Waals surface area contributed by atoms with E-state index in [-0.39, 0.29) is 11.9 Å². The summed E-state index contributed by atoms with van der Waals surface area (Å²) in [6.07, 6.45) is 3.47. The first-order valence-corrected chi connectivity index (χ1v) is 8.72. The van der Waals surface area contributed by atoms with E-state index >= 15 is 0 Å². The van der Waals surface area contributed by atoms with Crippen molar-refractivity contribution in [2.75, 3.05) is 6.61 Å². The Kier molecular flexibility index (Phi) is 5.94.